The second-order valence-electron chi connectivity index (χ2n) is 11.3. The van der Waals surface area contributed by atoms with Gasteiger partial charge in [-0.05, 0) is 57.6 Å². The number of benzene rings is 7. The molecule has 0 aliphatic rings. The van der Waals surface area contributed by atoms with E-state index in [0.29, 0.717) is 17.5 Å². The molecule has 0 bridgehead atoms. The predicted molar refractivity (Wildman–Crippen MR) is 189 cm³/mol. The number of nitrogens with zero attached hydrogens (tertiary/aromatic N) is 3. The quantitative estimate of drug-likeness (QED) is 0.191. The third kappa shape index (κ3) is 4.46. The Bertz CT molecular complexity index is 2550. The largest absolute Gasteiger partial charge is 0.208 e. The Morgan fingerprint density at radius 1 is 0.356 bits per heavy atom. The summed E-state index contributed by atoms with van der Waals surface area (Å²) in [6, 6.07) is 53.3. The average molecular weight is 592 g/mol. The molecular weight excluding hydrogens is 567 g/mol. The van der Waals surface area contributed by atoms with E-state index in [4.69, 9.17) is 15.0 Å². The zero-order valence-electron chi connectivity index (χ0n) is 24.2. The van der Waals surface area contributed by atoms with E-state index in [1.807, 2.05) is 17.4 Å². The van der Waals surface area contributed by atoms with Crippen LogP contribution in [0, 0.1) is 0 Å². The molecule has 45 heavy (non-hydrogen) atoms. The fourth-order valence-electron chi connectivity index (χ4n) is 6.33. The highest BCUT2D eigenvalue weighted by atomic mass is 32.1. The Morgan fingerprint density at radius 2 is 0.978 bits per heavy atom. The summed E-state index contributed by atoms with van der Waals surface area (Å²) in [4.78, 5) is 15.5. The standard InChI is InChI=1S/C41H25N3S/c1-2-10-26(11-3-1)29-14-8-15-30(24-29)39-42-40(31-22-23-37-35(25-31)33-17-6-7-19-36(33)45-37)44-41(43-39)34-18-9-13-28-21-20-27-12-4-5-16-32(27)38(28)34/h1-25H. The van der Waals surface area contributed by atoms with Crippen molar-refractivity contribution in [1.29, 1.82) is 0 Å². The molecule has 0 spiro atoms. The van der Waals surface area contributed by atoms with Crippen LogP contribution in [0.15, 0.2) is 152 Å². The first-order valence-corrected chi connectivity index (χ1v) is 15.8. The fraction of sp³-hybridized carbons (Fsp3) is 0. The van der Waals surface area contributed by atoms with Crippen molar-refractivity contribution in [3.8, 4) is 45.3 Å². The highest BCUT2D eigenvalue weighted by Crippen LogP contribution is 2.38. The molecule has 0 atom stereocenters. The summed E-state index contributed by atoms with van der Waals surface area (Å²) in [7, 11) is 0. The molecule has 0 N–H and O–H groups in total. The van der Waals surface area contributed by atoms with Crippen LogP contribution < -0.4 is 0 Å². The summed E-state index contributed by atoms with van der Waals surface area (Å²) in [5.41, 5.74) is 5.20. The molecule has 4 heteroatoms. The molecule has 0 aliphatic heterocycles. The van der Waals surface area contributed by atoms with Gasteiger partial charge in [-0.25, -0.2) is 15.0 Å². The molecule has 2 aromatic heterocycles. The minimum atomic E-state index is 0.653. The van der Waals surface area contributed by atoms with E-state index in [0.717, 1.165) is 38.6 Å². The van der Waals surface area contributed by atoms with Crippen LogP contribution in [-0.2, 0) is 0 Å². The van der Waals surface area contributed by atoms with Gasteiger partial charge in [-0.15, -0.1) is 11.3 Å². The number of thiophene rings is 1. The van der Waals surface area contributed by atoms with Gasteiger partial charge in [0.25, 0.3) is 0 Å². The lowest BCUT2D eigenvalue weighted by Gasteiger charge is -2.12. The van der Waals surface area contributed by atoms with Gasteiger partial charge >= 0.3 is 0 Å². The highest BCUT2D eigenvalue weighted by molar-refractivity contribution is 7.25. The van der Waals surface area contributed by atoms with E-state index in [2.05, 4.69) is 146 Å². The summed E-state index contributed by atoms with van der Waals surface area (Å²) < 4.78 is 2.53. The first-order chi connectivity index (χ1) is 22.3. The number of hydrogen-bond acceptors (Lipinski definition) is 4. The zero-order chi connectivity index (χ0) is 29.7. The maximum atomic E-state index is 5.19. The van der Waals surface area contributed by atoms with E-state index in [-0.39, 0.29) is 0 Å². The summed E-state index contributed by atoms with van der Waals surface area (Å²) >= 11 is 1.81. The molecule has 0 saturated carbocycles. The van der Waals surface area contributed by atoms with Crippen LogP contribution in [0.4, 0.5) is 0 Å². The highest BCUT2D eigenvalue weighted by Gasteiger charge is 2.17. The summed E-state index contributed by atoms with van der Waals surface area (Å²) in [5.74, 6) is 1.98. The SMILES string of the molecule is c1ccc(-c2cccc(-c3nc(-c4ccc5sc6ccccc6c5c4)nc(-c4cccc5ccc6ccccc6c45)n3)c2)cc1. The Balaban J connectivity index is 1.30. The monoisotopic (exact) mass is 591 g/mol. The van der Waals surface area contributed by atoms with Crippen molar-refractivity contribution in [1.82, 2.24) is 15.0 Å². The van der Waals surface area contributed by atoms with Gasteiger partial charge in [0.15, 0.2) is 17.5 Å². The first-order valence-electron chi connectivity index (χ1n) is 15.0. The molecule has 9 rings (SSSR count). The summed E-state index contributed by atoms with van der Waals surface area (Å²) in [5, 5.41) is 7.16. The lowest BCUT2D eigenvalue weighted by molar-refractivity contribution is 1.08. The third-order valence-corrected chi connectivity index (χ3v) is 9.66. The minimum absolute atomic E-state index is 0.653. The second-order valence-corrected chi connectivity index (χ2v) is 12.3. The molecule has 0 amide bonds. The van der Waals surface area contributed by atoms with Crippen molar-refractivity contribution in [2.45, 2.75) is 0 Å². The molecule has 0 fully saturated rings. The Hall–Kier alpha value is -5.71. The van der Waals surface area contributed by atoms with Gasteiger partial charge in [-0.3, -0.25) is 0 Å². The van der Waals surface area contributed by atoms with Gasteiger partial charge in [0.05, 0.1) is 0 Å². The molecule has 210 valence electrons. The Labute approximate surface area is 264 Å². The van der Waals surface area contributed by atoms with Gasteiger partial charge in [0, 0.05) is 42.2 Å². The van der Waals surface area contributed by atoms with E-state index >= 15 is 0 Å². The first kappa shape index (κ1) is 25.8. The van der Waals surface area contributed by atoms with Crippen LogP contribution in [-0.4, -0.2) is 15.0 Å². The lowest BCUT2D eigenvalue weighted by atomic mass is 9.97. The number of fused-ring (bicyclic) bond motifs is 6. The summed E-state index contributed by atoms with van der Waals surface area (Å²) in [6.07, 6.45) is 0. The van der Waals surface area contributed by atoms with Crippen molar-refractivity contribution in [3.63, 3.8) is 0 Å². The van der Waals surface area contributed by atoms with Crippen molar-refractivity contribution in [3.05, 3.63) is 152 Å². The second kappa shape index (κ2) is 10.5. The van der Waals surface area contributed by atoms with Gasteiger partial charge in [0.2, 0.25) is 0 Å². The smallest absolute Gasteiger partial charge is 0.164 e. The molecule has 0 aliphatic carbocycles. The molecule has 9 aromatic rings. The van der Waals surface area contributed by atoms with Crippen LogP contribution in [0.25, 0.3) is 87.0 Å². The number of aromatic nitrogens is 3. The Morgan fingerprint density at radius 3 is 1.87 bits per heavy atom. The average Bonchev–Trinajstić information content (AvgIpc) is 3.49. The molecule has 7 aromatic carbocycles. The van der Waals surface area contributed by atoms with Gasteiger partial charge in [-0.2, -0.15) is 0 Å². The Kier molecular flexibility index (Phi) is 6.00. The van der Waals surface area contributed by atoms with Crippen molar-refractivity contribution in [2.24, 2.45) is 0 Å². The van der Waals surface area contributed by atoms with Crippen LogP contribution in [0.5, 0.6) is 0 Å². The predicted octanol–water partition coefficient (Wildman–Crippen LogP) is 11.2. The van der Waals surface area contributed by atoms with Gasteiger partial charge in [-0.1, -0.05) is 121 Å². The van der Waals surface area contributed by atoms with E-state index in [1.54, 1.807) is 0 Å². The lowest BCUT2D eigenvalue weighted by Crippen LogP contribution is -2.01. The van der Waals surface area contributed by atoms with Crippen LogP contribution >= 0.6 is 11.3 Å². The molecular formula is C41H25N3S. The van der Waals surface area contributed by atoms with Crippen LogP contribution in [0.3, 0.4) is 0 Å². The molecule has 0 radical (unpaired) electrons. The van der Waals surface area contributed by atoms with Gasteiger partial charge in [0.1, 0.15) is 0 Å². The normalized spacial score (nSPS) is 11.6. The topological polar surface area (TPSA) is 38.7 Å². The number of rotatable bonds is 4. The molecule has 3 nitrogen and oxygen atoms in total. The molecule has 0 saturated heterocycles. The van der Waals surface area contributed by atoms with E-state index < -0.39 is 0 Å². The fourth-order valence-corrected chi connectivity index (χ4v) is 7.42. The third-order valence-electron chi connectivity index (χ3n) is 8.51. The summed E-state index contributed by atoms with van der Waals surface area (Å²) in [6.45, 7) is 0. The maximum Gasteiger partial charge on any atom is 0.164 e. The zero-order valence-corrected chi connectivity index (χ0v) is 25.0. The molecule has 2 heterocycles. The molecule has 0 unspecified atom stereocenters. The minimum Gasteiger partial charge on any atom is -0.208 e. The number of hydrogen-bond donors (Lipinski definition) is 0. The van der Waals surface area contributed by atoms with Crippen molar-refractivity contribution >= 4 is 53.1 Å². The van der Waals surface area contributed by atoms with Crippen LogP contribution in [0.1, 0.15) is 0 Å². The van der Waals surface area contributed by atoms with E-state index in [1.165, 1.54) is 30.9 Å². The van der Waals surface area contributed by atoms with Crippen molar-refractivity contribution in [2.75, 3.05) is 0 Å². The maximum absolute atomic E-state index is 5.19. The van der Waals surface area contributed by atoms with Gasteiger partial charge < -0.3 is 0 Å². The van der Waals surface area contributed by atoms with E-state index in [9.17, 15) is 0 Å². The van der Waals surface area contributed by atoms with Crippen LogP contribution in [0.2, 0.25) is 0 Å². The van der Waals surface area contributed by atoms with Crippen molar-refractivity contribution < 1.29 is 0 Å².